The Morgan fingerprint density at radius 2 is 1.92 bits per heavy atom. The molecule has 2 fully saturated rings. The number of rotatable bonds is 5. The molecule has 0 aromatic heterocycles. The molecule has 7 nitrogen and oxygen atoms in total. The van der Waals surface area contributed by atoms with E-state index in [0.29, 0.717) is 5.17 Å². The fraction of sp³-hybridized carbons (Fsp3) is 0.438. The molecule has 0 saturated carbocycles. The molecule has 0 unspecified atom stereocenters. The molecule has 0 radical (unpaired) electrons. The number of amidine groups is 1. The van der Waals surface area contributed by atoms with Gasteiger partial charge in [0.05, 0.1) is 17.5 Å². The van der Waals surface area contributed by atoms with Gasteiger partial charge in [0.1, 0.15) is 0 Å². The summed E-state index contributed by atoms with van der Waals surface area (Å²) in [7, 11) is -3.11. The van der Waals surface area contributed by atoms with Gasteiger partial charge in [-0.1, -0.05) is 27.7 Å². The average molecular weight is 461 g/mol. The molecule has 3 rings (SSSR count). The summed E-state index contributed by atoms with van der Waals surface area (Å²) in [5, 5.41) is 8.99. The van der Waals surface area contributed by atoms with E-state index < -0.39 is 21.7 Å². The molecule has 1 N–H and O–H groups in total. The van der Waals surface area contributed by atoms with Crippen LogP contribution in [0.4, 0.5) is 5.69 Å². The summed E-state index contributed by atoms with van der Waals surface area (Å²) in [5.74, 6) is -1.23. The quantitative estimate of drug-likeness (QED) is 0.718. The van der Waals surface area contributed by atoms with E-state index in [9.17, 15) is 18.0 Å². The number of sulfone groups is 1. The van der Waals surface area contributed by atoms with Crippen molar-refractivity contribution in [1.29, 1.82) is 0 Å². The first-order valence-electron chi connectivity index (χ1n) is 8.00. The van der Waals surface area contributed by atoms with Gasteiger partial charge in [0.15, 0.2) is 15.0 Å². The van der Waals surface area contributed by atoms with Gasteiger partial charge >= 0.3 is 5.97 Å². The Bertz CT molecular complexity index is 854. The molecule has 2 aliphatic rings. The van der Waals surface area contributed by atoms with Gasteiger partial charge in [-0.15, -0.1) is 0 Å². The molecular weight excluding hydrogens is 444 g/mol. The summed E-state index contributed by atoms with van der Waals surface area (Å²) < 4.78 is 24.9. The number of aliphatic carboxylic acids is 1. The minimum absolute atomic E-state index is 0.0347. The third-order valence-electron chi connectivity index (χ3n) is 4.17. The van der Waals surface area contributed by atoms with Crippen LogP contribution in [-0.2, 0) is 19.4 Å². The highest BCUT2D eigenvalue weighted by Crippen LogP contribution is 2.41. The number of benzene rings is 1. The molecule has 10 heteroatoms. The van der Waals surface area contributed by atoms with E-state index in [1.807, 2.05) is 29.2 Å². The van der Waals surface area contributed by atoms with Crippen LogP contribution < -0.4 is 4.90 Å². The van der Waals surface area contributed by atoms with Crippen LogP contribution in [0.1, 0.15) is 19.3 Å². The Morgan fingerprint density at radius 3 is 2.58 bits per heavy atom. The molecule has 2 saturated heterocycles. The summed E-state index contributed by atoms with van der Waals surface area (Å²) in [6.07, 6.45) is 0.205. The van der Waals surface area contributed by atoms with Crippen molar-refractivity contribution in [2.45, 2.75) is 30.6 Å². The van der Waals surface area contributed by atoms with Gasteiger partial charge in [0.2, 0.25) is 5.91 Å². The van der Waals surface area contributed by atoms with Crippen molar-refractivity contribution in [2.24, 2.45) is 4.99 Å². The number of fused-ring (bicyclic) bond motifs is 1. The number of amides is 1. The largest absolute Gasteiger partial charge is 0.481 e. The van der Waals surface area contributed by atoms with Crippen LogP contribution in [0.2, 0.25) is 0 Å². The predicted octanol–water partition coefficient (Wildman–Crippen LogP) is 2.31. The van der Waals surface area contributed by atoms with E-state index >= 15 is 0 Å². The van der Waals surface area contributed by atoms with E-state index in [2.05, 4.69) is 20.9 Å². The number of thioether (sulfide) groups is 1. The van der Waals surface area contributed by atoms with Crippen LogP contribution >= 0.6 is 27.7 Å². The lowest BCUT2D eigenvalue weighted by Crippen LogP contribution is -2.37. The summed E-state index contributed by atoms with van der Waals surface area (Å²) in [4.78, 5) is 28.6. The first-order valence-corrected chi connectivity index (χ1v) is 11.5. The lowest BCUT2D eigenvalue weighted by atomic mass is 10.2. The van der Waals surface area contributed by atoms with Crippen LogP contribution in [0.25, 0.3) is 0 Å². The van der Waals surface area contributed by atoms with Crippen molar-refractivity contribution < 1.29 is 23.1 Å². The van der Waals surface area contributed by atoms with Crippen molar-refractivity contribution in [3.8, 4) is 0 Å². The zero-order valence-corrected chi connectivity index (χ0v) is 16.9. The van der Waals surface area contributed by atoms with Gasteiger partial charge in [0, 0.05) is 28.3 Å². The minimum atomic E-state index is -3.11. The molecule has 0 bridgehead atoms. The number of carboxylic acid groups (broad SMARTS) is 1. The Balaban J connectivity index is 1.84. The van der Waals surface area contributed by atoms with E-state index in [1.165, 1.54) is 11.8 Å². The zero-order chi connectivity index (χ0) is 18.9. The molecule has 2 atom stereocenters. The number of aliphatic imine (C=N–C) groups is 1. The van der Waals surface area contributed by atoms with Gasteiger partial charge in [-0.05, 0) is 30.7 Å². The number of anilines is 1. The number of carbonyl (C=O) groups is 2. The van der Waals surface area contributed by atoms with Gasteiger partial charge in [-0.25, -0.2) is 8.42 Å². The van der Waals surface area contributed by atoms with Crippen molar-refractivity contribution in [3.63, 3.8) is 0 Å². The summed E-state index contributed by atoms with van der Waals surface area (Å²) in [6, 6.07) is 7.15. The van der Waals surface area contributed by atoms with Gasteiger partial charge in [0.25, 0.3) is 0 Å². The van der Waals surface area contributed by atoms with E-state index in [-0.39, 0.29) is 42.1 Å². The number of hydrogen-bond donors (Lipinski definition) is 1. The Kier molecular flexibility index (Phi) is 5.73. The van der Waals surface area contributed by atoms with E-state index in [4.69, 9.17) is 5.11 Å². The van der Waals surface area contributed by atoms with Crippen LogP contribution in [0.3, 0.4) is 0 Å². The molecule has 2 aliphatic heterocycles. The minimum Gasteiger partial charge on any atom is -0.481 e. The molecule has 2 heterocycles. The molecule has 1 amide bonds. The molecule has 26 heavy (non-hydrogen) atoms. The lowest BCUT2D eigenvalue weighted by Gasteiger charge is -2.24. The summed E-state index contributed by atoms with van der Waals surface area (Å²) >= 11 is 4.68. The molecule has 0 spiro atoms. The molecule has 1 aromatic rings. The second-order valence-corrected chi connectivity index (χ2v) is 10.5. The lowest BCUT2D eigenvalue weighted by molar-refractivity contribution is -0.137. The van der Waals surface area contributed by atoms with E-state index in [0.717, 1.165) is 10.2 Å². The second kappa shape index (κ2) is 7.69. The van der Waals surface area contributed by atoms with Gasteiger partial charge in [-0.2, -0.15) is 4.99 Å². The maximum atomic E-state index is 12.1. The fourth-order valence-electron chi connectivity index (χ4n) is 3.02. The highest BCUT2D eigenvalue weighted by molar-refractivity contribution is 9.10. The monoisotopic (exact) mass is 460 g/mol. The topological polar surface area (TPSA) is 104 Å². The highest BCUT2D eigenvalue weighted by Gasteiger charge is 2.49. The zero-order valence-electron chi connectivity index (χ0n) is 13.7. The molecule has 1 aromatic carbocycles. The first kappa shape index (κ1) is 19.4. The van der Waals surface area contributed by atoms with E-state index in [1.54, 1.807) is 0 Å². The number of nitrogens with zero attached hydrogens (tertiary/aromatic N) is 2. The first-order chi connectivity index (χ1) is 12.2. The average Bonchev–Trinajstić information content (AvgIpc) is 2.99. The fourth-order valence-corrected chi connectivity index (χ4v) is 7.22. The maximum Gasteiger partial charge on any atom is 0.303 e. The molecule has 0 aliphatic carbocycles. The van der Waals surface area contributed by atoms with Crippen LogP contribution in [0, 0.1) is 0 Å². The van der Waals surface area contributed by atoms with Crippen LogP contribution in [0.15, 0.2) is 33.7 Å². The van der Waals surface area contributed by atoms with Gasteiger partial charge < -0.3 is 10.0 Å². The Morgan fingerprint density at radius 1 is 1.23 bits per heavy atom. The summed E-state index contributed by atoms with van der Waals surface area (Å²) in [5.41, 5.74) is 0.780. The SMILES string of the molecule is O=C(O)CCCC(=O)N=C1S[C@@H]2CS(=O)(=O)C[C@H]2N1c1ccc(Br)cc1. The van der Waals surface area contributed by atoms with Crippen LogP contribution in [0.5, 0.6) is 0 Å². The number of carboxylic acids is 1. The summed E-state index contributed by atoms with van der Waals surface area (Å²) in [6.45, 7) is 0. The third kappa shape index (κ3) is 4.47. The van der Waals surface area contributed by atoms with Gasteiger partial charge in [-0.3, -0.25) is 9.59 Å². The molecular formula is C16H17BrN2O5S2. The number of carbonyl (C=O) groups excluding carboxylic acids is 1. The third-order valence-corrected chi connectivity index (χ3v) is 7.91. The maximum absolute atomic E-state index is 12.1. The normalized spacial score (nSPS) is 25.4. The Hall–Kier alpha value is -1.39. The molecule has 140 valence electrons. The van der Waals surface area contributed by atoms with Crippen molar-refractivity contribution in [1.82, 2.24) is 0 Å². The van der Waals surface area contributed by atoms with Crippen molar-refractivity contribution in [3.05, 3.63) is 28.7 Å². The van der Waals surface area contributed by atoms with Crippen LogP contribution in [-0.4, -0.2) is 53.4 Å². The second-order valence-electron chi connectivity index (χ2n) is 6.18. The standard InChI is InChI=1S/C16H17BrN2O5S2/c17-10-4-6-11(7-5-10)19-12-8-26(23,24)9-13(12)25-16(19)18-14(20)2-1-3-15(21)22/h4-7,12-13H,1-3,8-9H2,(H,21,22)/t12-,13-/m1/s1. The van der Waals surface area contributed by atoms with Crippen molar-refractivity contribution >= 4 is 60.3 Å². The number of halogens is 1. The predicted molar refractivity (Wildman–Crippen MR) is 104 cm³/mol. The van der Waals surface area contributed by atoms with Crippen molar-refractivity contribution in [2.75, 3.05) is 16.4 Å². The Labute approximate surface area is 163 Å². The number of hydrogen-bond acceptors (Lipinski definition) is 5. The smallest absolute Gasteiger partial charge is 0.303 e. The highest BCUT2D eigenvalue weighted by atomic mass is 79.9.